The molecule has 0 fully saturated rings. The van der Waals surface area contributed by atoms with E-state index in [1.165, 1.54) is 22.7 Å². The van der Waals surface area contributed by atoms with E-state index < -0.39 is 18.0 Å². The van der Waals surface area contributed by atoms with Crippen LogP contribution in [0.4, 0.5) is 0 Å². The van der Waals surface area contributed by atoms with Crippen LogP contribution < -0.4 is 34.8 Å². The maximum Gasteiger partial charge on any atom is 1.00 e. The van der Waals surface area contributed by atoms with E-state index in [2.05, 4.69) is 24.3 Å². The van der Waals surface area contributed by atoms with Crippen LogP contribution in [0.2, 0.25) is 0 Å². The molecule has 3 nitrogen and oxygen atoms in total. The quantitative estimate of drug-likeness (QED) is 0.403. The fourth-order valence-corrected chi connectivity index (χ4v) is 5.13. The minimum atomic E-state index is -4.17. The second-order valence-electron chi connectivity index (χ2n) is 4.98. The molecule has 3 aromatic rings. The van der Waals surface area contributed by atoms with Crippen LogP contribution in [0.3, 0.4) is 0 Å². The van der Waals surface area contributed by atoms with Gasteiger partial charge >= 0.3 is 18.9 Å². The van der Waals surface area contributed by atoms with Crippen molar-refractivity contribution in [2.45, 2.75) is 4.90 Å². The van der Waals surface area contributed by atoms with Crippen LogP contribution in [0, 0.1) is 0 Å². The van der Waals surface area contributed by atoms with Crippen molar-refractivity contribution in [1.29, 1.82) is 0 Å². The van der Waals surface area contributed by atoms with Crippen molar-refractivity contribution in [3.8, 4) is 0 Å². The predicted octanol–water partition coefficient (Wildman–Crippen LogP) is -0.192. The Labute approximate surface area is 156 Å². The van der Waals surface area contributed by atoms with Gasteiger partial charge in [-0.3, -0.25) is 4.55 Å². The number of rotatable bonds is 4. The molecule has 0 bridgehead atoms. The van der Waals surface area contributed by atoms with Gasteiger partial charge in [-0.25, -0.2) is 0 Å². The van der Waals surface area contributed by atoms with E-state index in [1.807, 2.05) is 36.4 Å². The molecular weight excluding hydrogens is 334 g/mol. The molecule has 0 radical (unpaired) electrons. The first kappa shape index (κ1) is 18.9. The fourth-order valence-electron chi connectivity index (χ4n) is 2.37. The van der Waals surface area contributed by atoms with Crippen LogP contribution in [0.25, 0.3) is 0 Å². The van der Waals surface area contributed by atoms with Crippen LogP contribution in [0.1, 0.15) is 1.43 Å². The Balaban J connectivity index is 0.00000156. The molecule has 0 aliphatic rings. The normalized spacial score (nSPS) is 11.1. The van der Waals surface area contributed by atoms with Crippen molar-refractivity contribution in [3.05, 3.63) is 84.9 Å². The molecule has 6 heteroatoms. The molecule has 1 N–H and O–H groups in total. The summed E-state index contributed by atoms with van der Waals surface area (Å²) in [6.45, 7) is 0. The molecule has 0 atom stereocenters. The first-order valence-electron chi connectivity index (χ1n) is 7.03. The zero-order chi connectivity index (χ0) is 16.3. The molecule has 0 unspecified atom stereocenters. The van der Waals surface area contributed by atoms with E-state index in [1.54, 1.807) is 12.1 Å². The Morgan fingerprint density at radius 3 is 1.42 bits per heavy atom. The van der Waals surface area contributed by atoms with Crippen LogP contribution in [0.5, 0.6) is 0 Å². The van der Waals surface area contributed by atoms with E-state index in [-0.39, 0.29) is 25.2 Å². The molecule has 0 heterocycles. The molecule has 0 aliphatic heterocycles. The van der Waals surface area contributed by atoms with Crippen LogP contribution >= 0.6 is 7.92 Å². The molecular formula is C18H16LiO3PS. The third kappa shape index (κ3) is 4.36. The largest absolute Gasteiger partial charge is 1.00 e. The summed E-state index contributed by atoms with van der Waals surface area (Å²) in [5, 5.41) is 3.41. The van der Waals surface area contributed by atoms with Gasteiger partial charge in [-0.2, -0.15) is 8.42 Å². The topological polar surface area (TPSA) is 54.4 Å². The SMILES string of the molecule is O=S(=O)(O)c1ccc(P(c2ccccc2)c2ccccc2)cc1.[H-].[Li+]. The van der Waals surface area contributed by atoms with E-state index in [0.29, 0.717) is 0 Å². The third-order valence-corrected chi connectivity index (χ3v) is 6.73. The van der Waals surface area contributed by atoms with Crippen LogP contribution in [-0.2, 0) is 10.1 Å². The van der Waals surface area contributed by atoms with Gasteiger partial charge in [0, 0.05) is 0 Å². The average Bonchev–Trinajstić information content (AvgIpc) is 2.57. The van der Waals surface area contributed by atoms with Crippen molar-refractivity contribution in [1.82, 2.24) is 0 Å². The Morgan fingerprint density at radius 1 is 0.667 bits per heavy atom. The molecule has 3 aromatic carbocycles. The molecule has 0 aliphatic carbocycles. The standard InChI is InChI=1S/C18H15O3PS.Li.H/c19-23(20,21)18-13-11-17(12-14-18)22(15-7-3-1-4-8-15)16-9-5-2-6-10-16;;/h1-14H,(H,19,20,21);;/q;+1;-1. The van der Waals surface area contributed by atoms with Crippen molar-refractivity contribution in [3.63, 3.8) is 0 Å². The summed E-state index contributed by atoms with van der Waals surface area (Å²) in [5.41, 5.74) is 0. The Morgan fingerprint density at radius 2 is 1.04 bits per heavy atom. The Hall–Kier alpha value is -1.40. The zero-order valence-electron chi connectivity index (χ0n) is 14.2. The predicted molar refractivity (Wildman–Crippen MR) is 96.1 cm³/mol. The summed E-state index contributed by atoms with van der Waals surface area (Å²) in [5.74, 6) is 0. The van der Waals surface area contributed by atoms with Gasteiger partial charge in [0.25, 0.3) is 10.1 Å². The molecule has 0 saturated heterocycles. The van der Waals surface area contributed by atoms with Gasteiger partial charge in [0.2, 0.25) is 0 Å². The second-order valence-corrected chi connectivity index (χ2v) is 8.62. The van der Waals surface area contributed by atoms with Crippen LogP contribution in [0.15, 0.2) is 89.8 Å². The first-order valence-corrected chi connectivity index (χ1v) is 9.82. The smallest absolute Gasteiger partial charge is 1.00 e. The number of hydrogen-bond donors (Lipinski definition) is 1. The van der Waals surface area contributed by atoms with Gasteiger partial charge in [0.1, 0.15) is 0 Å². The van der Waals surface area contributed by atoms with Gasteiger partial charge in [-0.05, 0) is 36.0 Å². The molecule has 3 rings (SSSR count). The molecule has 0 aromatic heterocycles. The molecule has 0 saturated carbocycles. The van der Waals surface area contributed by atoms with Gasteiger partial charge in [0.05, 0.1) is 4.90 Å². The summed E-state index contributed by atoms with van der Waals surface area (Å²) >= 11 is 0. The van der Waals surface area contributed by atoms with E-state index in [0.717, 1.165) is 5.30 Å². The maximum atomic E-state index is 11.2. The van der Waals surface area contributed by atoms with Crippen molar-refractivity contribution in [2.24, 2.45) is 0 Å². The molecule has 118 valence electrons. The zero-order valence-corrected chi connectivity index (χ0v) is 14.9. The van der Waals surface area contributed by atoms with E-state index in [9.17, 15) is 8.42 Å². The fraction of sp³-hybridized carbons (Fsp3) is 0. The van der Waals surface area contributed by atoms with Gasteiger partial charge < -0.3 is 1.43 Å². The summed E-state index contributed by atoms with van der Waals surface area (Å²) in [6, 6.07) is 26.7. The summed E-state index contributed by atoms with van der Waals surface area (Å²) in [4.78, 5) is -0.0858. The van der Waals surface area contributed by atoms with Crippen LogP contribution in [-0.4, -0.2) is 13.0 Å². The van der Waals surface area contributed by atoms with Gasteiger partial charge in [-0.1, -0.05) is 72.8 Å². The van der Waals surface area contributed by atoms with E-state index >= 15 is 0 Å². The maximum absolute atomic E-state index is 11.2. The van der Waals surface area contributed by atoms with Crippen molar-refractivity contribution < 1.29 is 33.3 Å². The first-order chi connectivity index (χ1) is 11.1. The monoisotopic (exact) mass is 350 g/mol. The molecule has 0 spiro atoms. The van der Waals surface area contributed by atoms with Gasteiger partial charge in [-0.15, -0.1) is 0 Å². The minimum absolute atomic E-state index is 0. The average molecular weight is 350 g/mol. The Kier molecular flexibility index (Phi) is 6.40. The third-order valence-electron chi connectivity index (χ3n) is 3.42. The molecule has 24 heavy (non-hydrogen) atoms. The second kappa shape index (κ2) is 8.12. The molecule has 0 amide bonds. The van der Waals surface area contributed by atoms with Crippen molar-refractivity contribution in [2.75, 3.05) is 0 Å². The van der Waals surface area contributed by atoms with Gasteiger partial charge in [0.15, 0.2) is 0 Å². The minimum Gasteiger partial charge on any atom is -1.00 e. The van der Waals surface area contributed by atoms with E-state index in [4.69, 9.17) is 4.55 Å². The number of hydrogen-bond acceptors (Lipinski definition) is 2. The summed E-state index contributed by atoms with van der Waals surface area (Å²) in [6.07, 6.45) is 0. The number of benzene rings is 3. The summed E-state index contributed by atoms with van der Waals surface area (Å²) < 4.78 is 31.6. The summed E-state index contributed by atoms with van der Waals surface area (Å²) in [7, 11) is -4.94. The van der Waals surface area contributed by atoms with Crippen molar-refractivity contribution >= 4 is 34.0 Å². The Bertz CT molecular complexity index is 849.